The first kappa shape index (κ1) is 6.78. The summed E-state index contributed by atoms with van der Waals surface area (Å²) in [6.07, 6.45) is 16.8. The normalized spacial score (nSPS) is 22.8. The van der Waals surface area contributed by atoms with Crippen molar-refractivity contribution in [2.45, 2.75) is 0 Å². The number of hydrogen-bond donors (Lipinski definition) is 0. The van der Waals surface area contributed by atoms with Gasteiger partial charge in [-0.15, -0.1) is 0 Å². The van der Waals surface area contributed by atoms with Gasteiger partial charge in [0.05, 0.1) is 18.1 Å². The maximum absolute atomic E-state index is 2.25. The van der Waals surface area contributed by atoms with Gasteiger partial charge in [-0.1, -0.05) is 12.2 Å². The molecular weight excluding hydrogens is 160 g/mol. The van der Waals surface area contributed by atoms with Gasteiger partial charge in [0.25, 0.3) is 0 Å². The van der Waals surface area contributed by atoms with Gasteiger partial charge < -0.3 is 9.80 Å². The summed E-state index contributed by atoms with van der Waals surface area (Å²) in [4.78, 5) is 4.49. The van der Waals surface area contributed by atoms with E-state index in [1.54, 1.807) is 0 Å². The van der Waals surface area contributed by atoms with Crippen molar-refractivity contribution in [1.82, 2.24) is 9.80 Å². The van der Waals surface area contributed by atoms with E-state index in [9.17, 15) is 0 Å². The monoisotopic (exact) mass is 170 g/mol. The smallest absolute Gasteiger partial charge is 0.0989 e. The minimum absolute atomic E-state index is 0.937. The zero-order valence-corrected chi connectivity index (χ0v) is 7.22. The van der Waals surface area contributed by atoms with Crippen LogP contribution in [0.3, 0.4) is 0 Å². The van der Waals surface area contributed by atoms with Gasteiger partial charge in [0.2, 0.25) is 0 Å². The second-order valence-electron chi connectivity index (χ2n) is 3.25. The predicted octanol–water partition coefficient (Wildman–Crippen LogP) is 1.94. The van der Waals surface area contributed by atoms with Crippen molar-refractivity contribution in [3.63, 3.8) is 0 Å². The van der Waals surface area contributed by atoms with Crippen LogP contribution in [0.25, 0.3) is 0 Å². The van der Waals surface area contributed by atoms with Gasteiger partial charge >= 0.3 is 0 Å². The lowest BCUT2D eigenvalue weighted by molar-refractivity contribution is 0.374. The highest BCUT2D eigenvalue weighted by Crippen LogP contribution is 2.29. The molecule has 2 heteroatoms. The molecule has 2 nitrogen and oxygen atoms in total. The van der Waals surface area contributed by atoms with Gasteiger partial charge in [0.1, 0.15) is 0 Å². The SMILES string of the molecule is C1=CC2=C3C=CC=CN3CN2C=C1. The van der Waals surface area contributed by atoms with Crippen LogP contribution in [-0.2, 0) is 0 Å². The highest BCUT2D eigenvalue weighted by molar-refractivity contribution is 5.43. The maximum Gasteiger partial charge on any atom is 0.0989 e. The van der Waals surface area contributed by atoms with Crippen LogP contribution in [0.1, 0.15) is 0 Å². The zero-order valence-electron chi connectivity index (χ0n) is 7.22. The van der Waals surface area contributed by atoms with Crippen LogP contribution in [0.15, 0.2) is 60.3 Å². The van der Waals surface area contributed by atoms with Gasteiger partial charge in [0.15, 0.2) is 0 Å². The molecule has 0 bridgehead atoms. The van der Waals surface area contributed by atoms with Crippen molar-refractivity contribution in [1.29, 1.82) is 0 Å². The Bertz CT molecular complexity index is 347. The molecule has 0 aliphatic carbocycles. The van der Waals surface area contributed by atoms with Crippen molar-refractivity contribution in [2.24, 2.45) is 0 Å². The third kappa shape index (κ3) is 0.886. The average molecular weight is 170 g/mol. The Morgan fingerprint density at radius 2 is 1.31 bits per heavy atom. The molecule has 0 amide bonds. The molecule has 0 N–H and O–H groups in total. The summed E-state index contributed by atoms with van der Waals surface area (Å²) in [6, 6.07) is 0. The molecule has 13 heavy (non-hydrogen) atoms. The van der Waals surface area contributed by atoms with E-state index in [0.717, 1.165) is 6.67 Å². The van der Waals surface area contributed by atoms with Crippen LogP contribution in [0, 0.1) is 0 Å². The first-order valence-electron chi connectivity index (χ1n) is 4.42. The van der Waals surface area contributed by atoms with Crippen LogP contribution >= 0.6 is 0 Å². The summed E-state index contributed by atoms with van der Waals surface area (Å²) < 4.78 is 0. The molecule has 0 atom stereocenters. The van der Waals surface area contributed by atoms with Crippen molar-refractivity contribution < 1.29 is 0 Å². The van der Waals surface area contributed by atoms with E-state index in [1.807, 2.05) is 0 Å². The Kier molecular flexibility index (Phi) is 1.25. The van der Waals surface area contributed by atoms with E-state index in [0.29, 0.717) is 0 Å². The maximum atomic E-state index is 2.25. The van der Waals surface area contributed by atoms with E-state index in [-0.39, 0.29) is 0 Å². The summed E-state index contributed by atoms with van der Waals surface area (Å²) in [5.74, 6) is 0. The largest absolute Gasteiger partial charge is 0.328 e. The quantitative estimate of drug-likeness (QED) is 0.548. The molecule has 3 aliphatic rings. The molecule has 64 valence electrons. The Balaban J connectivity index is 2.11. The second kappa shape index (κ2) is 2.39. The van der Waals surface area contributed by atoms with Crippen LogP contribution in [0.4, 0.5) is 0 Å². The number of nitrogens with zero attached hydrogens (tertiary/aromatic N) is 2. The number of fused-ring (bicyclic) bond motifs is 2. The van der Waals surface area contributed by atoms with Crippen molar-refractivity contribution in [2.75, 3.05) is 6.67 Å². The first-order chi connectivity index (χ1) is 6.45. The fourth-order valence-electron chi connectivity index (χ4n) is 1.83. The molecule has 0 aromatic carbocycles. The lowest BCUT2D eigenvalue weighted by Gasteiger charge is -2.18. The number of hydrogen-bond acceptors (Lipinski definition) is 2. The summed E-state index contributed by atoms with van der Waals surface area (Å²) in [7, 11) is 0. The predicted molar refractivity (Wildman–Crippen MR) is 52.1 cm³/mol. The standard InChI is InChI=1S/C11H10N2/c1-3-7-12-9-13-8-4-2-6-11(13)10(12)5-1/h1-8H,9H2. The number of allylic oxidation sites excluding steroid dienone is 6. The van der Waals surface area contributed by atoms with E-state index in [4.69, 9.17) is 0 Å². The molecule has 0 aromatic rings. The molecule has 0 spiro atoms. The van der Waals surface area contributed by atoms with Gasteiger partial charge in [-0.05, 0) is 24.3 Å². The van der Waals surface area contributed by atoms with Crippen molar-refractivity contribution in [3.05, 3.63) is 60.3 Å². The second-order valence-corrected chi connectivity index (χ2v) is 3.25. The molecule has 3 rings (SSSR count). The van der Waals surface area contributed by atoms with Gasteiger partial charge in [-0.2, -0.15) is 0 Å². The Hall–Kier alpha value is -1.70. The van der Waals surface area contributed by atoms with E-state index in [2.05, 4.69) is 58.7 Å². The summed E-state index contributed by atoms with van der Waals surface area (Å²) in [5.41, 5.74) is 2.59. The fraction of sp³-hybridized carbons (Fsp3) is 0.0909. The van der Waals surface area contributed by atoms with Crippen LogP contribution in [0.2, 0.25) is 0 Å². The van der Waals surface area contributed by atoms with E-state index in [1.165, 1.54) is 11.4 Å². The Morgan fingerprint density at radius 1 is 0.769 bits per heavy atom. The molecule has 0 unspecified atom stereocenters. The summed E-state index contributed by atoms with van der Waals surface area (Å²) in [6.45, 7) is 0.937. The molecule has 0 saturated heterocycles. The van der Waals surface area contributed by atoms with E-state index >= 15 is 0 Å². The van der Waals surface area contributed by atoms with Gasteiger partial charge in [-0.3, -0.25) is 0 Å². The van der Waals surface area contributed by atoms with E-state index < -0.39 is 0 Å². The van der Waals surface area contributed by atoms with Gasteiger partial charge in [0, 0.05) is 12.4 Å². The topological polar surface area (TPSA) is 6.48 Å². The van der Waals surface area contributed by atoms with Crippen molar-refractivity contribution >= 4 is 0 Å². The Morgan fingerprint density at radius 3 is 1.85 bits per heavy atom. The van der Waals surface area contributed by atoms with Crippen LogP contribution in [0.5, 0.6) is 0 Å². The zero-order chi connectivity index (χ0) is 8.67. The molecular formula is C11H10N2. The van der Waals surface area contributed by atoms with Crippen LogP contribution < -0.4 is 0 Å². The molecule has 3 heterocycles. The molecule has 0 aromatic heterocycles. The average Bonchev–Trinajstić information content (AvgIpc) is 2.56. The third-order valence-corrected chi connectivity index (χ3v) is 2.45. The highest BCUT2D eigenvalue weighted by atomic mass is 15.4. The number of rotatable bonds is 0. The molecule has 0 radical (unpaired) electrons. The lowest BCUT2D eigenvalue weighted by Crippen LogP contribution is -2.20. The minimum Gasteiger partial charge on any atom is -0.328 e. The third-order valence-electron chi connectivity index (χ3n) is 2.45. The van der Waals surface area contributed by atoms with Crippen LogP contribution in [-0.4, -0.2) is 16.5 Å². The molecule has 3 aliphatic heterocycles. The molecule has 0 fully saturated rings. The summed E-state index contributed by atoms with van der Waals surface area (Å²) >= 11 is 0. The lowest BCUT2D eigenvalue weighted by atomic mass is 10.2. The molecule has 0 saturated carbocycles. The highest BCUT2D eigenvalue weighted by Gasteiger charge is 2.24. The Labute approximate surface area is 77.4 Å². The van der Waals surface area contributed by atoms with Crippen molar-refractivity contribution in [3.8, 4) is 0 Å². The fourth-order valence-corrected chi connectivity index (χ4v) is 1.83. The van der Waals surface area contributed by atoms with Gasteiger partial charge in [-0.25, -0.2) is 0 Å². The first-order valence-corrected chi connectivity index (χ1v) is 4.42. The minimum atomic E-state index is 0.937. The summed E-state index contributed by atoms with van der Waals surface area (Å²) in [5, 5.41) is 0.